The molecule has 0 N–H and O–H groups in total. The van der Waals surface area contributed by atoms with Crippen LogP contribution in [0.5, 0.6) is 0 Å². The number of hydrogen-bond donors (Lipinski definition) is 0. The highest BCUT2D eigenvalue weighted by atomic mass is 15.2. The van der Waals surface area contributed by atoms with Crippen LogP contribution in [0.15, 0.2) is 115 Å². The van der Waals surface area contributed by atoms with Gasteiger partial charge in [-0.3, -0.25) is 0 Å². The quantitative estimate of drug-likeness (QED) is 0.255. The van der Waals surface area contributed by atoms with E-state index >= 15 is 0 Å². The van der Waals surface area contributed by atoms with E-state index in [1.165, 1.54) is 67.3 Å². The molecule has 4 aromatic carbocycles. The van der Waals surface area contributed by atoms with E-state index < -0.39 is 0 Å². The summed E-state index contributed by atoms with van der Waals surface area (Å²) in [5.41, 5.74) is 7.46. The van der Waals surface area contributed by atoms with Crippen LogP contribution in [-0.2, 0) is 0 Å². The number of benzene rings is 4. The van der Waals surface area contributed by atoms with E-state index in [4.69, 9.17) is 0 Å². The summed E-state index contributed by atoms with van der Waals surface area (Å²) < 4.78 is 0. The van der Waals surface area contributed by atoms with Gasteiger partial charge in [0.2, 0.25) is 0 Å². The van der Waals surface area contributed by atoms with Gasteiger partial charge in [-0.25, -0.2) is 0 Å². The molecule has 0 aromatic heterocycles. The predicted octanol–water partition coefficient (Wildman–Crippen LogP) is 9.65. The lowest BCUT2D eigenvalue weighted by Crippen LogP contribution is -2.47. The van der Waals surface area contributed by atoms with Gasteiger partial charge in [-0.15, -0.1) is 0 Å². The zero-order chi connectivity index (χ0) is 25.7. The van der Waals surface area contributed by atoms with Crippen molar-refractivity contribution in [3.8, 4) is 0 Å². The first kappa shape index (κ1) is 25.0. The number of aryl methyl sites for hydroxylation is 1. The molecule has 1 nitrogen and oxygen atoms in total. The molecule has 0 aliphatic heterocycles. The molecule has 2 aliphatic carbocycles. The second-order valence-electron chi connectivity index (χ2n) is 11.6. The van der Waals surface area contributed by atoms with E-state index in [0.717, 1.165) is 0 Å². The monoisotopic (exact) mass is 499 g/mol. The molecule has 2 unspecified atom stereocenters. The van der Waals surface area contributed by atoms with E-state index in [0.29, 0.717) is 29.8 Å². The predicted molar refractivity (Wildman–Crippen MR) is 161 cm³/mol. The Bertz CT molecular complexity index is 1270. The number of rotatable bonds is 6. The second-order valence-corrected chi connectivity index (χ2v) is 11.6. The normalized spacial score (nSPS) is 25.6. The molecule has 38 heavy (non-hydrogen) atoms. The fourth-order valence-electron chi connectivity index (χ4n) is 7.60. The Morgan fingerprint density at radius 3 is 1.66 bits per heavy atom. The number of hydrogen-bond acceptors (Lipinski definition) is 1. The fourth-order valence-corrected chi connectivity index (χ4v) is 7.60. The fraction of sp³-hybridized carbons (Fsp3) is 0.351. The highest BCUT2D eigenvalue weighted by molar-refractivity contribution is 5.49. The summed E-state index contributed by atoms with van der Waals surface area (Å²) in [6.07, 6.45) is 8.87. The van der Waals surface area contributed by atoms with Gasteiger partial charge < -0.3 is 4.90 Å². The molecule has 4 aromatic rings. The maximum Gasteiger partial charge on any atom is 0.0371 e. The third-order valence-corrected chi connectivity index (χ3v) is 9.44. The molecular formula is C37H41N. The lowest BCUT2D eigenvalue weighted by atomic mass is 9.69. The molecule has 0 radical (unpaired) electrons. The minimum atomic E-state index is 0.548. The van der Waals surface area contributed by atoms with Crippen molar-refractivity contribution in [1.29, 1.82) is 0 Å². The molecule has 0 heterocycles. The van der Waals surface area contributed by atoms with Crippen LogP contribution in [0.25, 0.3) is 0 Å². The zero-order valence-electron chi connectivity index (χ0n) is 22.8. The Morgan fingerprint density at radius 1 is 0.500 bits per heavy atom. The molecule has 0 saturated heterocycles. The molecule has 6 rings (SSSR count). The summed E-state index contributed by atoms with van der Waals surface area (Å²) in [4.78, 5) is 2.87. The summed E-state index contributed by atoms with van der Waals surface area (Å²) in [7, 11) is 0. The molecule has 3 atom stereocenters. The molecule has 0 spiro atoms. The topological polar surface area (TPSA) is 3.24 Å². The van der Waals surface area contributed by atoms with E-state index in [9.17, 15) is 0 Å². The van der Waals surface area contributed by atoms with Crippen LogP contribution in [0.4, 0.5) is 5.69 Å². The van der Waals surface area contributed by atoms with Crippen molar-refractivity contribution in [2.75, 3.05) is 4.90 Å². The number of nitrogens with zero attached hydrogens (tertiary/aromatic N) is 1. The Balaban J connectivity index is 1.27. The van der Waals surface area contributed by atoms with Crippen LogP contribution in [0, 0.1) is 6.92 Å². The lowest BCUT2D eigenvalue weighted by molar-refractivity contribution is 0.289. The van der Waals surface area contributed by atoms with E-state index in [-0.39, 0.29) is 0 Å². The van der Waals surface area contributed by atoms with Gasteiger partial charge in [0.05, 0.1) is 0 Å². The summed E-state index contributed by atoms with van der Waals surface area (Å²) in [6.45, 7) is 2.28. The maximum absolute atomic E-state index is 2.87. The van der Waals surface area contributed by atoms with Gasteiger partial charge >= 0.3 is 0 Å². The first-order valence-electron chi connectivity index (χ1n) is 14.8. The van der Waals surface area contributed by atoms with Gasteiger partial charge in [-0.2, -0.15) is 0 Å². The second kappa shape index (κ2) is 11.6. The van der Waals surface area contributed by atoms with E-state index in [1.807, 2.05) is 0 Å². The van der Waals surface area contributed by atoms with Crippen molar-refractivity contribution >= 4 is 5.69 Å². The maximum atomic E-state index is 2.87. The van der Waals surface area contributed by atoms with Crippen LogP contribution in [0.2, 0.25) is 0 Å². The summed E-state index contributed by atoms with van der Waals surface area (Å²) >= 11 is 0. The van der Waals surface area contributed by atoms with Gasteiger partial charge in [-0.05, 0) is 104 Å². The minimum absolute atomic E-state index is 0.548. The van der Waals surface area contributed by atoms with E-state index in [1.54, 1.807) is 5.56 Å². The molecule has 2 aliphatic rings. The van der Waals surface area contributed by atoms with Gasteiger partial charge in [0, 0.05) is 17.8 Å². The van der Waals surface area contributed by atoms with Gasteiger partial charge in [0.15, 0.2) is 0 Å². The third kappa shape index (κ3) is 5.30. The van der Waals surface area contributed by atoms with Crippen molar-refractivity contribution in [3.63, 3.8) is 0 Å². The van der Waals surface area contributed by atoms with Gasteiger partial charge in [0.1, 0.15) is 0 Å². The molecule has 0 bridgehead atoms. The van der Waals surface area contributed by atoms with Gasteiger partial charge in [-0.1, -0.05) is 103 Å². The SMILES string of the molecule is Cc1ccccc1C1CCC(N(c2ccccc2)C2CCC(c3ccccc3)[C@@H](c3ccccc3)C2)CC1. The molecular weight excluding hydrogens is 458 g/mol. The van der Waals surface area contributed by atoms with Crippen LogP contribution in [0.1, 0.15) is 85.0 Å². The zero-order valence-corrected chi connectivity index (χ0v) is 22.8. The average molecular weight is 500 g/mol. The first-order valence-corrected chi connectivity index (χ1v) is 14.8. The molecule has 2 fully saturated rings. The molecule has 1 heteroatoms. The first-order chi connectivity index (χ1) is 18.8. The average Bonchev–Trinajstić information content (AvgIpc) is 2.99. The lowest BCUT2D eigenvalue weighted by Gasteiger charge is -2.48. The Labute approximate surface area is 229 Å². The van der Waals surface area contributed by atoms with Crippen LogP contribution in [-0.4, -0.2) is 12.1 Å². The largest absolute Gasteiger partial charge is 0.366 e. The van der Waals surface area contributed by atoms with Crippen LogP contribution in [0.3, 0.4) is 0 Å². The Hall–Kier alpha value is -3.32. The Morgan fingerprint density at radius 2 is 1.03 bits per heavy atom. The van der Waals surface area contributed by atoms with Crippen molar-refractivity contribution in [2.45, 2.75) is 81.7 Å². The van der Waals surface area contributed by atoms with Crippen molar-refractivity contribution in [1.82, 2.24) is 0 Å². The number of para-hydroxylation sites is 1. The minimum Gasteiger partial charge on any atom is -0.366 e. The van der Waals surface area contributed by atoms with E-state index in [2.05, 4.69) is 127 Å². The number of anilines is 1. The van der Waals surface area contributed by atoms with Gasteiger partial charge in [0.25, 0.3) is 0 Å². The smallest absolute Gasteiger partial charge is 0.0371 e. The summed E-state index contributed by atoms with van der Waals surface area (Å²) in [5.74, 6) is 1.84. The Kier molecular flexibility index (Phi) is 7.63. The van der Waals surface area contributed by atoms with Crippen molar-refractivity contribution in [3.05, 3.63) is 138 Å². The standard InChI is InChI=1S/C37H41N/c1-28-13-11-12-20-35(28)31-21-23-33(24-22-31)38(32-18-9-4-10-19-32)34-25-26-36(29-14-5-2-6-15-29)37(27-34)30-16-7-3-8-17-30/h2-20,31,33-34,36-37H,21-27H2,1H3/t31?,33?,34?,36?,37-/m1/s1. The van der Waals surface area contributed by atoms with Crippen molar-refractivity contribution in [2.24, 2.45) is 0 Å². The summed E-state index contributed by atoms with van der Waals surface area (Å²) in [6, 6.07) is 44.2. The van der Waals surface area contributed by atoms with Crippen LogP contribution >= 0.6 is 0 Å². The molecule has 0 amide bonds. The third-order valence-electron chi connectivity index (χ3n) is 9.44. The van der Waals surface area contributed by atoms with Crippen molar-refractivity contribution < 1.29 is 0 Å². The van der Waals surface area contributed by atoms with Crippen LogP contribution < -0.4 is 4.90 Å². The summed E-state index contributed by atoms with van der Waals surface area (Å²) in [5, 5.41) is 0. The molecule has 2 saturated carbocycles. The highest BCUT2D eigenvalue weighted by Crippen LogP contribution is 2.47. The highest BCUT2D eigenvalue weighted by Gasteiger charge is 2.38. The molecule has 194 valence electrons.